The van der Waals surface area contributed by atoms with Gasteiger partial charge in [0.25, 0.3) is 5.91 Å². The fourth-order valence-electron chi connectivity index (χ4n) is 2.80. The number of benzene rings is 2. The second-order valence-electron chi connectivity index (χ2n) is 5.83. The quantitative estimate of drug-likeness (QED) is 0.566. The minimum Gasteiger partial charge on any atom is -0.423 e. The van der Waals surface area contributed by atoms with E-state index >= 15 is 0 Å². The zero-order valence-corrected chi connectivity index (χ0v) is 13.4. The Labute approximate surface area is 142 Å². The maximum Gasteiger partial charge on any atom is 0.336 e. The molecule has 1 amide bonds. The smallest absolute Gasteiger partial charge is 0.336 e. The van der Waals surface area contributed by atoms with E-state index in [1.807, 2.05) is 37.3 Å². The molecule has 4 aromatic rings. The zero-order valence-electron chi connectivity index (χ0n) is 13.4. The fraction of sp³-hybridized carbons (Fsp3) is 0.0500. The number of carbonyl (C=O) groups excluding carboxylic acids is 1. The zero-order chi connectivity index (χ0) is 17.4. The van der Waals surface area contributed by atoms with Crippen LogP contribution in [0.15, 0.2) is 70.0 Å². The number of rotatable bonds is 2. The number of pyridine rings is 1. The van der Waals surface area contributed by atoms with E-state index in [0.717, 1.165) is 21.9 Å². The van der Waals surface area contributed by atoms with Gasteiger partial charge in [0.05, 0.1) is 11.1 Å². The maximum absolute atomic E-state index is 12.5. The number of hydrogen-bond acceptors (Lipinski definition) is 4. The van der Waals surface area contributed by atoms with Crippen molar-refractivity contribution in [3.05, 3.63) is 82.3 Å². The molecule has 0 unspecified atom stereocenters. The third kappa shape index (κ3) is 2.87. The van der Waals surface area contributed by atoms with Crippen molar-refractivity contribution in [2.75, 3.05) is 5.32 Å². The van der Waals surface area contributed by atoms with Crippen molar-refractivity contribution in [3.8, 4) is 0 Å². The first kappa shape index (κ1) is 15.1. The lowest BCUT2D eigenvalue weighted by molar-refractivity contribution is 0.102. The molecule has 0 aliphatic carbocycles. The number of amides is 1. The molecule has 2 aromatic heterocycles. The van der Waals surface area contributed by atoms with Crippen LogP contribution in [0.3, 0.4) is 0 Å². The molecular weight excluding hydrogens is 316 g/mol. The van der Waals surface area contributed by atoms with Crippen LogP contribution < -0.4 is 10.9 Å². The van der Waals surface area contributed by atoms with E-state index in [0.29, 0.717) is 16.8 Å². The second-order valence-corrected chi connectivity index (χ2v) is 5.83. The van der Waals surface area contributed by atoms with Gasteiger partial charge in [0, 0.05) is 34.8 Å². The third-order valence-corrected chi connectivity index (χ3v) is 4.06. The van der Waals surface area contributed by atoms with Crippen molar-refractivity contribution in [1.82, 2.24) is 4.98 Å². The summed E-state index contributed by atoms with van der Waals surface area (Å²) in [6.45, 7) is 1.85. The van der Waals surface area contributed by atoms with Gasteiger partial charge >= 0.3 is 5.63 Å². The van der Waals surface area contributed by atoms with Gasteiger partial charge in [-0.15, -0.1) is 0 Å². The highest BCUT2D eigenvalue weighted by Gasteiger charge is 2.09. The van der Waals surface area contributed by atoms with Crippen LogP contribution in [0.1, 0.15) is 15.9 Å². The topological polar surface area (TPSA) is 72.2 Å². The largest absolute Gasteiger partial charge is 0.423 e. The maximum atomic E-state index is 12.5. The first-order valence-corrected chi connectivity index (χ1v) is 7.81. The summed E-state index contributed by atoms with van der Waals surface area (Å²) in [6.07, 6.45) is 1.54. The van der Waals surface area contributed by atoms with E-state index in [2.05, 4.69) is 10.3 Å². The number of para-hydroxylation sites is 1. The molecule has 122 valence electrons. The molecule has 2 heterocycles. The van der Waals surface area contributed by atoms with Gasteiger partial charge < -0.3 is 9.73 Å². The predicted molar refractivity (Wildman–Crippen MR) is 96.9 cm³/mol. The molecule has 0 bridgehead atoms. The molecule has 2 aromatic carbocycles. The lowest BCUT2D eigenvalue weighted by Crippen LogP contribution is -2.12. The van der Waals surface area contributed by atoms with Crippen LogP contribution in [-0.2, 0) is 0 Å². The highest BCUT2D eigenvalue weighted by molar-refractivity contribution is 6.06. The van der Waals surface area contributed by atoms with E-state index in [1.54, 1.807) is 24.4 Å². The van der Waals surface area contributed by atoms with Crippen molar-refractivity contribution in [2.45, 2.75) is 6.92 Å². The van der Waals surface area contributed by atoms with Gasteiger partial charge in [-0.2, -0.15) is 0 Å². The number of carbonyl (C=O) groups is 1. The van der Waals surface area contributed by atoms with Crippen LogP contribution in [0.4, 0.5) is 5.69 Å². The van der Waals surface area contributed by atoms with Crippen molar-refractivity contribution >= 4 is 33.5 Å². The standard InChI is InChI=1S/C20H14N2O3/c1-12-8-19(23)25-18-10-15(6-7-16(12)18)22-20(24)14-9-13-4-2-3-5-17(13)21-11-14/h2-11H,1H3,(H,22,24). The Morgan fingerprint density at radius 3 is 2.80 bits per heavy atom. The van der Waals surface area contributed by atoms with Crippen LogP contribution in [0.25, 0.3) is 21.9 Å². The minimum atomic E-state index is -0.410. The summed E-state index contributed by atoms with van der Waals surface area (Å²) in [6, 6.07) is 16.1. The Morgan fingerprint density at radius 1 is 1.08 bits per heavy atom. The fourth-order valence-corrected chi connectivity index (χ4v) is 2.80. The van der Waals surface area contributed by atoms with Crippen molar-refractivity contribution < 1.29 is 9.21 Å². The molecule has 1 N–H and O–H groups in total. The summed E-state index contributed by atoms with van der Waals surface area (Å²) < 4.78 is 5.21. The molecule has 0 fully saturated rings. The Hall–Kier alpha value is -3.47. The number of aryl methyl sites for hydroxylation is 1. The molecule has 0 spiro atoms. The Kier molecular flexibility index (Phi) is 3.54. The SMILES string of the molecule is Cc1cc(=O)oc2cc(NC(=O)c3cnc4ccccc4c3)ccc12. The summed E-state index contributed by atoms with van der Waals surface area (Å²) in [4.78, 5) is 28.3. The highest BCUT2D eigenvalue weighted by Crippen LogP contribution is 2.21. The van der Waals surface area contributed by atoms with E-state index in [4.69, 9.17) is 4.42 Å². The van der Waals surface area contributed by atoms with Crippen molar-refractivity contribution in [3.63, 3.8) is 0 Å². The number of hydrogen-bond donors (Lipinski definition) is 1. The summed E-state index contributed by atoms with van der Waals surface area (Å²) in [5.74, 6) is -0.271. The summed E-state index contributed by atoms with van der Waals surface area (Å²) in [5.41, 5.74) is 2.72. The van der Waals surface area contributed by atoms with Gasteiger partial charge in [-0.25, -0.2) is 4.79 Å². The average Bonchev–Trinajstić information content (AvgIpc) is 2.60. The van der Waals surface area contributed by atoms with Crippen LogP contribution in [0.5, 0.6) is 0 Å². The number of fused-ring (bicyclic) bond motifs is 2. The van der Waals surface area contributed by atoms with Crippen molar-refractivity contribution in [2.24, 2.45) is 0 Å². The molecule has 25 heavy (non-hydrogen) atoms. The summed E-state index contributed by atoms with van der Waals surface area (Å²) >= 11 is 0. The minimum absolute atomic E-state index is 0.271. The molecule has 5 nitrogen and oxygen atoms in total. The van der Waals surface area contributed by atoms with Gasteiger partial charge in [-0.05, 0) is 36.8 Å². The normalized spacial score (nSPS) is 10.9. The average molecular weight is 330 g/mol. The van der Waals surface area contributed by atoms with Crippen LogP contribution in [0, 0.1) is 6.92 Å². The van der Waals surface area contributed by atoms with Gasteiger partial charge in [0.2, 0.25) is 0 Å². The number of nitrogens with zero attached hydrogens (tertiary/aromatic N) is 1. The van der Waals surface area contributed by atoms with E-state index < -0.39 is 5.63 Å². The first-order valence-electron chi connectivity index (χ1n) is 7.81. The van der Waals surface area contributed by atoms with Gasteiger partial charge in [-0.3, -0.25) is 9.78 Å². The molecular formula is C20H14N2O3. The van der Waals surface area contributed by atoms with Crippen LogP contribution in [0.2, 0.25) is 0 Å². The Morgan fingerprint density at radius 2 is 1.92 bits per heavy atom. The van der Waals surface area contributed by atoms with Gasteiger partial charge in [0.1, 0.15) is 5.58 Å². The lowest BCUT2D eigenvalue weighted by atomic mass is 10.1. The van der Waals surface area contributed by atoms with Crippen molar-refractivity contribution in [1.29, 1.82) is 0 Å². The van der Waals surface area contributed by atoms with Crippen LogP contribution in [-0.4, -0.2) is 10.9 Å². The van der Waals surface area contributed by atoms with Gasteiger partial charge in [-0.1, -0.05) is 18.2 Å². The molecule has 0 aliphatic rings. The molecule has 0 radical (unpaired) electrons. The first-order chi connectivity index (χ1) is 12.1. The van der Waals surface area contributed by atoms with E-state index in [9.17, 15) is 9.59 Å². The second kappa shape index (κ2) is 5.87. The van der Waals surface area contributed by atoms with E-state index in [-0.39, 0.29) is 5.91 Å². The Bertz CT molecular complexity index is 1180. The molecule has 0 aliphatic heterocycles. The lowest BCUT2D eigenvalue weighted by Gasteiger charge is -2.07. The highest BCUT2D eigenvalue weighted by atomic mass is 16.4. The summed E-state index contributed by atoms with van der Waals surface area (Å²) in [5, 5.41) is 4.55. The van der Waals surface area contributed by atoms with Crippen LogP contribution >= 0.6 is 0 Å². The molecule has 0 atom stereocenters. The number of nitrogens with one attached hydrogen (secondary N) is 1. The molecule has 0 saturated heterocycles. The Balaban J connectivity index is 1.67. The molecule has 0 saturated carbocycles. The monoisotopic (exact) mass is 330 g/mol. The van der Waals surface area contributed by atoms with Gasteiger partial charge in [0.15, 0.2) is 0 Å². The number of aromatic nitrogens is 1. The van der Waals surface area contributed by atoms with E-state index in [1.165, 1.54) is 6.07 Å². The summed E-state index contributed by atoms with van der Waals surface area (Å²) in [7, 11) is 0. The molecule has 5 heteroatoms. The third-order valence-electron chi connectivity index (χ3n) is 4.06. The number of anilines is 1. The molecule has 4 rings (SSSR count). The predicted octanol–water partition coefficient (Wildman–Crippen LogP) is 3.90.